The summed E-state index contributed by atoms with van der Waals surface area (Å²) in [6.07, 6.45) is 10.4. The van der Waals surface area contributed by atoms with Gasteiger partial charge in [0.25, 0.3) is 0 Å². The number of aliphatic carboxylic acids is 1. The number of unbranched alkanes of at least 4 members (excludes halogenated alkanes) is 2. The Balaban J connectivity index is 3.68. The third-order valence-electron chi connectivity index (χ3n) is 4.49. The second-order valence-corrected chi connectivity index (χ2v) is 7.12. The van der Waals surface area contributed by atoms with Gasteiger partial charge >= 0.3 is 5.97 Å². The zero-order valence-electron chi connectivity index (χ0n) is 14.5. The molecule has 3 heteroatoms. The monoisotopic (exact) mass is 300 g/mol. The van der Waals surface area contributed by atoms with Crippen LogP contribution in [-0.2, 0) is 4.79 Å². The van der Waals surface area contributed by atoms with Crippen LogP contribution in [0.4, 0.5) is 0 Å². The maximum atomic E-state index is 10.7. The van der Waals surface area contributed by atoms with Crippen molar-refractivity contribution in [2.45, 2.75) is 97.5 Å². The Morgan fingerprint density at radius 1 is 1.00 bits per heavy atom. The van der Waals surface area contributed by atoms with Gasteiger partial charge in [-0.1, -0.05) is 65.7 Å². The van der Waals surface area contributed by atoms with Crippen LogP contribution in [0.2, 0.25) is 0 Å². The van der Waals surface area contributed by atoms with Gasteiger partial charge in [0.1, 0.15) is 0 Å². The zero-order chi connectivity index (χ0) is 16.3. The third-order valence-corrected chi connectivity index (χ3v) is 4.49. The van der Waals surface area contributed by atoms with Crippen LogP contribution in [0, 0.1) is 11.8 Å². The minimum absolute atomic E-state index is 0.225. The molecule has 0 amide bonds. The Labute approximate surface area is 131 Å². The van der Waals surface area contributed by atoms with Crippen molar-refractivity contribution >= 4 is 5.97 Å². The molecule has 0 heterocycles. The molecule has 0 aromatic carbocycles. The first-order valence-electron chi connectivity index (χ1n) is 8.73. The Bertz CT molecular complexity index is 274. The SMILES string of the molecule is CCCCCC(C)(O)CCCC(C)CCCC(C)C(=O)O. The van der Waals surface area contributed by atoms with Crippen LogP contribution in [0.15, 0.2) is 0 Å². The van der Waals surface area contributed by atoms with Gasteiger partial charge < -0.3 is 10.2 Å². The number of aliphatic hydroxyl groups is 1. The largest absolute Gasteiger partial charge is 0.481 e. The molecule has 0 aromatic rings. The normalized spacial score (nSPS) is 17.2. The predicted octanol–water partition coefficient (Wildman–Crippen LogP) is 5.02. The molecule has 3 nitrogen and oxygen atoms in total. The second kappa shape index (κ2) is 11.1. The van der Waals surface area contributed by atoms with E-state index in [2.05, 4.69) is 13.8 Å². The van der Waals surface area contributed by atoms with Crippen LogP contribution >= 0.6 is 0 Å². The highest BCUT2D eigenvalue weighted by atomic mass is 16.4. The lowest BCUT2D eigenvalue weighted by molar-refractivity contribution is -0.141. The quantitative estimate of drug-likeness (QED) is 0.470. The molecular weight excluding hydrogens is 264 g/mol. The molecule has 0 aliphatic carbocycles. The minimum atomic E-state index is -0.689. The number of carboxylic acid groups (broad SMARTS) is 1. The van der Waals surface area contributed by atoms with Gasteiger partial charge in [-0.3, -0.25) is 4.79 Å². The van der Waals surface area contributed by atoms with E-state index in [1.54, 1.807) is 6.92 Å². The summed E-state index contributed by atoms with van der Waals surface area (Å²) in [5, 5.41) is 19.1. The summed E-state index contributed by atoms with van der Waals surface area (Å²) in [4.78, 5) is 10.7. The van der Waals surface area contributed by atoms with Crippen LogP contribution < -0.4 is 0 Å². The molecule has 0 saturated heterocycles. The first-order valence-corrected chi connectivity index (χ1v) is 8.73. The predicted molar refractivity (Wildman–Crippen MR) is 88.4 cm³/mol. The third kappa shape index (κ3) is 11.7. The van der Waals surface area contributed by atoms with Crippen molar-refractivity contribution in [3.05, 3.63) is 0 Å². The Morgan fingerprint density at radius 2 is 1.57 bits per heavy atom. The lowest BCUT2D eigenvalue weighted by Gasteiger charge is -2.24. The van der Waals surface area contributed by atoms with Crippen molar-refractivity contribution in [3.63, 3.8) is 0 Å². The zero-order valence-corrected chi connectivity index (χ0v) is 14.5. The van der Waals surface area contributed by atoms with Gasteiger partial charge in [-0.05, 0) is 32.1 Å². The van der Waals surface area contributed by atoms with E-state index in [-0.39, 0.29) is 5.92 Å². The minimum Gasteiger partial charge on any atom is -0.481 e. The smallest absolute Gasteiger partial charge is 0.306 e. The van der Waals surface area contributed by atoms with E-state index in [0.717, 1.165) is 51.4 Å². The molecular formula is C18H36O3. The van der Waals surface area contributed by atoms with Gasteiger partial charge in [0.05, 0.1) is 11.5 Å². The fourth-order valence-electron chi connectivity index (χ4n) is 2.75. The standard InChI is InChI=1S/C18H36O3/c1-5-6-7-13-18(4,21)14-9-11-15(2)10-8-12-16(3)17(19)20/h15-16,21H,5-14H2,1-4H3,(H,19,20). The molecule has 0 aliphatic rings. The molecule has 0 bridgehead atoms. The Kier molecular flexibility index (Phi) is 10.8. The molecule has 126 valence electrons. The summed E-state index contributed by atoms with van der Waals surface area (Å²) in [6.45, 7) is 8.15. The van der Waals surface area contributed by atoms with Gasteiger partial charge in [-0.15, -0.1) is 0 Å². The highest BCUT2D eigenvalue weighted by molar-refractivity contribution is 5.69. The molecule has 0 fully saturated rings. The van der Waals surface area contributed by atoms with E-state index in [9.17, 15) is 9.90 Å². The fraction of sp³-hybridized carbons (Fsp3) is 0.944. The maximum absolute atomic E-state index is 10.7. The van der Waals surface area contributed by atoms with Gasteiger partial charge in [-0.25, -0.2) is 0 Å². The lowest BCUT2D eigenvalue weighted by atomic mass is 9.89. The fourth-order valence-corrected chi connectivity index (χ4v) is 2.75. The highest BCUT2D eigenvalue weighted by Gasteiger charge is 2.19. The second-order valence-electron chi connectivity index (χ2n) is 7.12. The summed E-state index contributed by atoms with van der Waals surface area (Å²) in [5.74, 6) is -0.292. The van der Waals surface area contributed by atoms with Gasteiger partial charge in [-0.2, -0.15) is 0 Å². The van der Waals surface area contributed by atoms with Crippen LogP contribution in [0.1, 0.15) is 91.9 Å². The Hall–Kier alpha value is -0.570. The van der Waals surface area contributed by atoms with Crippen molar-refractivity contribution in [2.24, 2.45) is 11.8 Å². The molecule has 3 atom stereocenters. The summed E-state index contributed by atoms with van der Waals surface area (Å²) in [7, 11) is 0. The maximum Gasteiger partial charge on any atom is 0.306 e. The first-order chi connectivity index (χ1) is 9.78. The van der Waals surface area contributed by atoms with Crippen LogP contribution in [0.25, 0.3) is 0 Å². The average molecular weight is 300 g/mol. The van der Waals surface area contributed by atoms with Crippen LogP contribution in [0.5, 0.6) is 0 Å². The van der Waals surface area contributed by atoms with Gasteiger partial charge in [0.2, 0.25) is 0 Å². The van der Waals surface area contributed by atoms with E-state index >= 15 is 0 Å². The van der Waals surface area contributed by atoms with Crippen molar-refractivity contribution in [1.29, 1.82) is 0 Å². The lowest BCUT2D eigenvalue weighted by Crippen LogP contribution is -2.23. The first kappa shape index (κ1) is 20.4. The molecule has 21 heavy (non-hydrogen) atoms. The van der Waals surface area contributed by atoms with E-state index in [0.29, 0.717) is 5.92 Å². The Morgan fingerprint density at radius 3 is 2.14 bits per heavy atom. The summed E-state index contributed by atoms with van der Waals surface area (Å²) in [5.41, 5.74) is -0.507. The van der Waals surface area contributed by atoms with Crippen molar-refractivity contribution in [2.75, 3.05) is 0 Å². The molecule has 0 radical (unpaired) electrons. The van der Waals surface area contributed by atoms with Crippen LogP contribution in [-0.4, -0.2) is 21.8 Å². The summed E-state index contributed by atoms with van der Waals surface area (Å²) < 4.78 is 0. The molecule has 0 saturated carbocycles. The van der Waals surface area contributed by atoms with E-state index in [4.69, 9.17) is 5.11 Å². The topological polar surface area (TPSA) is 57.5 Å². The molecule has 0 rings (SSSR count). The van der Waals surface area contributed by atoms with Crippen molar-refractivity contribution < 1.29 is 15.0 Å². The average Bonchev–Trinajstić information content (AvgIpc) is 2.38. The molecule has 2 N–H and O–H groups in total. The summed E-state index contributed by atoms with van der Waals surface area (Å²) in [6, 6.07) is 0. The van der Waals surface area contributed by atoms with Crippen molar-refractivity contribution in [3.8, 4) is 0 Å². The molecule has 0 spiro atoms. The van der Waals surface area contributed by atoms with E-state index < -0.39 is 11.6 Å². The van der Waals surface area contributed by atoms with Crippen LogP contribution in [0.3, 0.4) is 0 Å². The number of rotatable bonds is 13. The number of hydrogen-bond acceptors (Lipinski definition) is 2. The van der Waals surface area contributed by atoms with Crippen molar-refractivity contribution in [1.82, 2.24) is 0 Å². The number of carboxylic acids is 1. The number of hydrogen-bond donors (Lipinski definition) is 2. The van der Waals surface area contributed by atoms with Gasteiger partial charge in [0, 0.05) is 0 Å². The molecule has 0 aliphatic heterocycles. The van der Waals surface area contributed by atoms with Gasteiger partial charge in [0.15, 0.2) is 0 Å². The molecule has 0 aromatic heterocycles. The summed E-state index contributed by atoms with van der Waals surface area (Å²) >= 11 is 0. The van der Waals surface area contributed by atoms with E-state index in [1.807, 2.05) is 6.92 Å². The highest BCUT2D eigenvalue weighted by Crippen LogP contribution is 2.24. The number of carbonyl (C=O) groups is 1. The molecule has 3 unspecified atom stereocenters. The van der Waals surface area contributed by atoms with E-state index in [1.165, 1.54) is 12.8 Å².